The lowest BCUT2D eigenvalue weighted by Gasteiger charge is -2.18. The van der Waals surface area contributed by atoms with Crippen LogP contribution in [-0.2, 0) is 0 Å². The lowest BCUT2D eigenvalue weighted by molar-refractivity contribution is 1.61. The first-order valence-corrected chi connectivity index (χ1v) is 19.4. The summed E-state index contributed by atoms with van der Waals surface area (Å²) in [5.41, 5.74) is 12.3. The van der Waals surface area contributed by atoms with Gasteiger partial charge in [0.2, 0.25) is 0 Å². The van der Waals surface area contributed by atoms with Gasteiger partial charge in [0.25, 0.3) is 0 Å². The van der Waals surface area contributed by atoms with E-state index in [-0.39, 0.29) is 0 Å². The van der Waals surface area contributed by atoms with Gasteiger partial charge in [-0.3, -0.25) is 0 Å². The second kappa shape index (κ2) is 13.2. The van der Waals surface area contributed by atoms with Crippen LogP contribution >= 0.6 is 0 Å². The van der Waals surface area contributed by atoms with Crippen molar-refractivity contribution in [2.24, 2.45) is 0 Å². The summed E-state index contributed by atoms with van der Waals surface area (Å²) in [7, 11) is 0. The van der Waals surface area contributed by atoms with Gasteiger partial charge in [-0.2, -0.15) is 0 Å². The third kappa shape index (κ3) is 5.54. The quantitative estimate of drug-likeness (QED) is 0.156. The smallest absolute Gasteiger partial charge is 0.00923 e. The average Bonchev–Trinajstić information content (AvgIpc) is 3.28. The molecule has 0 aliphatic rings. The number of hydrogen-bond donors (Lipinski definition) is 0. The summed E-state index contributed by atoms with van der Waals surface area (Å²) < 4.78 is 0. The fourth-order valence-electron chi connectivity index (χ4n) is 8.71. The molecule has 0 spiro atoms. The van der Waals surface area contributed by atoms with Crippen molar-refractivity contribution in [3.8, 4) is 55.6 Å². The van der Waals surface area contributed by atoms with Gasteiger partial charge in [0.1, 0.15) is 0 Å². The summed E-state index contributed by atoms with van der Waals surface area (Å²) in [4.78, 5) is 0. The van der Waals surface area contributed by atoms with Crippen molar-refractivity contribution in [2.45, 2.75) is 0 Å². The van der Waals surface area contributed by atoms with E-state index in [0.29, 0.717) is 0 Å². The van der Waals surface area contributed by atoms with Crippen molar-refractivity contribution in [3.05, 3.63) is 218 Å². The van der Waals surface area contributed by atoms with Crippen LogP contribution in [0.25, 0.3) is 109 Å². The van der Waals surface area contributed by atoms with Crippen molar-refractivity contribution < 1.29 is 0 Å². The minimum atomic E-state index is 1.21. The first kappa shape index (κ1) is 32.2. The van der Waals surface area contributed by atoms with E-state index in [2.05, 4.69) is 218 Å². The molecule has 0 saturated carbocycles. The molecular formula is C56H36. The zero-order valence-corrected chi connectivity index (χ0v) is 30.8. The van der Waals surface area contributed by atoms with Crippen LogP contribution in [0.4, 0.5) is 0 Å². The Balaban J connectivity index is 1.11. The van der Waals surface area contributed by atoms with E-state index in [1.54, 1.807) is 0 Å². The third-order valence-electron chi connectivity index (χ3n) is 11.6. The van der Waals surface area contributed by atoms with E-state index in [1.807, 2.05) is 0 Å². The molecule has 0 heterocycles. The molecule has 0 heteroatoms. The van der Waals surface area contributed by atoms with Gasteiger partial charge in [0.05, 0.1) is 0 Å². The highest BCUT2D eigenvalue weighted by molar-refractivity contribution is 6.24. The molecule has 0 amide bonds. The van der Waals surface area contributed by atoms with E-state index in [1.165, 1.54) is 109 Å². The van der Waals surface area contributed by atoms with Crippen LogP contribution in [0.15, 0.2) is 218 Å². The molecule has 0 nitrogen and oxygen atoms in total. The van der Waals surface area contributed by atoms with Gasteiger partial charge in [-0.15, -0.1) is 0 Å². The van der Waals surface area contributed by atoms with Gasteiger partial charge in [-0.1, -0.05) is 182 Å². The molecule has 0 N–H and O–H groups in total. The van der Waals surface area contributed by atoms with Gasteiger partial charge in [0.15, 0.2) is 0 Å². The molecule has 0 bridgehead atoms. The molecule has 0 aromatic heterocycles. The lowest BCUT2D eigenvalue weighted by atomic mass is 9.86. The van der Waals surface area contributed by atoms with Gasteiger partial charge >= 0.3 is 0 Å². The SMILES string of the molecule is c1ccc(-c2cc3c4ccc(-c5ccc6ccccc6c5)cc4c(-c4ccccc4)cc3c3ccc(-c4ccc(-c5ccc6ccccc6c5)cc4)cc23)cc1. The molecule has 0 aliphatic carbocycles. The summed E-state index contributed by atoms with van der Waals surface area (Å²) in [6, 6.07) is 80.5. The largest absolute Gasteiger partial charge is 0.0622 e. The molecule has 11 rings (SSSR count). The summed E-state index contributed by atoms with van der Waals surface area (Å²) in [6.07, 6.45) is 0. The Labute approximate surface area is 326 Å². The molecule has 0 aliphatic heterocycles. The first-order valence-electron chi connectivity index (χ1n) is 19.4. The molecule has 56 heavy (non-hydrogen) atoms. The minimum Gasteiger partial charge on any atom is -0.0622 e. The highest BCUT2D eigenvalue weighted by Gasteiger charge is 2.17. The maximum atomic E-state index is 2.44. The van der Waals surface area contributed by atoms with Crippen LogP contribution in [0, 0.1) is 0 Å². The Morgan fingerprint density at radius 2 is 0.500 bits per heavy atom. The zero-order chi connectivity index (χ0) is 37.0. The molecule has 260 valence electrons. The highest BCUT2D eigenvalue weighted by atomic mass is 14.2. The Morgan fingerprint density at radius 3 is 0.964 bits per heavy atom. The van der Waals surface area contributed by atoms with Crippen molar-refractivity contribution in [3.63, 3.8) is 0 Å². The number of hydrogen-bond acceptors (Lipinski definition) is 0. The monoisotopic (exact) mass is 708 g/mol. The van der Waals surface area contributed by atoms with Crippen LogP contribution in [0.5, 0.6) is 0 Å². The summed E-state index contributed by atoms with van der Waals surface area (Å²) in [5, 5.41) is 12.6. The fourth-order valence-corrected chi connectivity index (χ4v) is 8.71. The summed E-state index contributed by atoms with van der Waals surface area (Å²) in [5.74, 6) is 0. The summed E-state index contributed by atoms with van der Waals surface area (Å²) in [6.45, 7) is 0. The van der Waals surface area contributed by atoms with E-state index in [0.717, 1.165) is 0 Å². The standard InChI is InChI=1S/C56H36/c1-3-13-41(14-4-1)51-35-56-50-30-28-48(46-26-24-38-12-8-10-18-44(38)32-46)34-54(50)52(42-15-5-2-6-16-42)36-55(56)49-29-27-47(33-53(49)51)40-21-19-39(20-22-40)45-25-23-37-11-7-9-17-43(37)31-45/h1-36H. The number of benzene rings is 11. The van der Waals surface area contributed by atoms with Gasteiger partial charge in [0, 0.05) is 0 Å². The Bertz CT molecular complexity index is 3260. The Hall–Kier alpha value is -7.28. The molecular weight excluding hydrogens is 673 g/mol. The van der Waals surface area contributed by atoms with E-state index >= 15 is 0 Å². The molecule has 11 aromatic carbocycles. The van der Waals surface area contributed by atoms with E-state index in [9.17, 15) is 0 Å². The number of fused-ring (bicyclic) bond motifs is 7. The average molecular weight is 709 g/mol. The summed E-state index contributed by atoms with van der Waals surface area (Å²) >= 11 is 0. The minimum absolute atomic E-state index is 1.21. The molecule has 11 aromatic rings. The van der Waals surface area contributed by atoms with Gasteiger partial charge < -0.3 is 0 Å². The highest BCUT2D eigenvalue weighted by Crippen LogP contribution is 2.44. The third-order valence-corrected chi connectivity index (χ3v) is 11.6. The van der Waals surface area contributed by atoms with Crippen molar-refractivity contribution in [1.82, 2.24) is 0 Å². The molecule has 0 radical (unpaired) electrons. The normalized spacial score (nSPS) is 11.6. The molecule has 0 atom stereocenters. The molecule has 0 fully saturated rings. The molecule has 0 unspecified atom stereocenters. The lowest BCUT2D eigenvalue weighted by Crippen LogP contribution is -1.91. The first-order chi connectivity index (χ1) is 27.7. The topological polar surface area (TPSA) is 0 Å². The van der Waals surface area contributed by atoms with Crippen LogP contribution in [0.1, 0.15) is 0 Å². The number of rotatable bonds is 5. The van der Waals surface area contributed by atoms with Crippen molar-refractivity contribution in [1.29, 1.82) is 0 Å². The Morgan fingerprint density at radius 1 is 0.161 bits per heavy atom. The molecule has 0 saturated heterocycles. The van der Waals surface area contributed by atoms with Crippen LogP contribution in [-0.4, -0.2) is 0 Å². The Kier molecular flexibility index (Phi) is 7.60. The van der Waals surface area contributed by atoms with Crippen molar-refractivity contribution >= 4 is 53.9 Å². The fraction of sp³-hybridized carbons (Fsp3) is 0. The van der Waals surface area contributed by atoms with Gasteiger partial charge in [-0.25, -0.2) is 0 Å². The van der Waals surface area contributed by atoms with Crippen LogP contribution in [0.2, 0.25) is 0 Å². The second-order valence-electron chi connectivity index (χ2n) is 14.9. The van der Waals surface area contributed by atoms with Gasteiger partial charge in [-0.05, 0) is 146 Å². The zero-order valence-electron chi connectivity index (χ0n) is 30.8. The maximum absolute atomic E-state index is 2.44. The predicted octanol–water partition coefficient (Wildman–Crippen LogP) is 15.8. The van der Waals surface area contributed by atoms with Crippen molar-refractivity contribution in [2.75, 3.05) is 0 Å². The second-order valence-corrected chi connectivity index (χ2v) is 14.9. The predicted molar refractivity (Wildman–Crippen MR) is 241 cm³/mol. The van der Waals surface area contributed by atoms with E-state index < -0.39 is 0 Å². The van der Waals surface area contributed by atoms with Crippen LogP contribution in [0.3, 0.4) is 0 Å². The van der Waals surface area contributed by atoms with Crippen LogP contribution < -0.4 is 0 Å². The van der Waals surface area contributed by atoms with E-state index in [4.69, 9.17) is 0 Å². The maximum Gasteiger partial charge on any atom is -0.00923 e.